The summed E-state index contributed by atoms with van der Waals surface area (Å²) in [6.45, 7) is 6.24. The monoisotopic (exact) mass is 546 g/mol. The number of carbonyl (C=O) groups excluding carboxylic acids is 2. The van der Waals surface area contributed by atoms with Crippen molar-refractivity contribution in [3.8, 4) is 0 Å². The Kier molecular flexibility index (Phi) is 8.95. The molecular weight excluding hydrogens is 508 g/mol. The number of methoxy groups -OCH3 is 1. The summed E-state index contributed by atoms with van der Waals surface area (Å²) in [5.41, 5.74) is 1.89. The standard InChI is InChI=1S/C28H38N2O9/c1-17(2)5-10-21-27(3,39-21)25-24(35-4)20(11-12-28(25)16-37-28)38-26(34)29-13-18-6-8-19(9-7-18)30-22(31)14-36-15-23(32)33/h5-9,20-21,24-25H,10-16H2,1-4H3,(H,29,34)(H,30,31)(H,32,33)/t20-,21-,24-,25-,27+,28+/m1/s1. The number of hydrogen-bond donors (Lipinski definition) is 3. The molecule has 3 aliphatic rings. The van der Waals surface area contributed by atoms with Crippen molar-refractivity contribution in [2.75, 3.05) is 32.2 Å². The number of ether oxygens (including phenoxy) is 5. The average Bonchev–Trinajstić information content (AvgIpc) is 3.80. The molecular formula is C28H38N2O9. The molecule has 1 aromatic rings. The van der Waals surface area contributed by atoms with Crippen LogP contribution in [-0.2, 0) is 39.8 Å². The van der Waals surface area contributed by atoms with Gasteiger partial charge in [0.05, 0.1) is 18.6 Å². The first-order valence-electron chi connectivity index (χ1n) is 13.2. The molecule has 0 radical (unpaired) electrons. The van der Waals surface area contributed by atoms with Crippen LogP contribution in [0.3, 0.4) is 0 Å². The van der Waals surface area contributed by atoms with Crippen LogP contribution in [-0.4, -0.2) is 79.5 Å². The molecule has 214 valence electrons. The summed E-state index contributed by atoms with van der Waals surface area (Å²) < 4.78 is 28.7. The molecule has 1 aliphatic carbocycles. The molecule has 1 aromatic carbocycles. The van der Waals surface area contributed by atoms with E-state index in [9.17, 15) is 14.4 Å². The van der Waals surface area contributed by atoms with Gasteiger partial charge in [-0.1, -0.05) is 23.8 Å². The third kappa shape index (κ3) is 7.16. The highest BCUT2D eigenvalue weighted by Gasteiger charge is 2.72. The highest BCUT2D eigenvalue weighted by molar-refractivity contribution is 5.91. The van der Waals surface area contributed by atoms with Gasteiger partial charge < -0.3 is 39.4 Å². The number of benzene rings is 1. The van der Waals surface area contributed by atoms with E-state index in [1.54, 1.807) is 31.4 Å². The summed E-state index contributed by atoms with van der Waals surface area (Å²) in [5, 5.41) is 14.0. The summed E-state index contributed by atoms with van der Waals surface area (Å²) in [5.74, 6) is -1.65. The van der Waals surface area contributed by atoms with E-state index in [1.165, 1.54) is 5.57 Å². The first-order chi connectivity index (χ1) is 18.6. The molecule has 6 atom stereocenters. The van der Waals surface area contributed by atoms with Crippen molar-refractivity contribution in [1.29, 1.82) is 0 Å². The van der Waals surface area contributed by atoms with Gasteiger partial charge in [-0.2, -0.15) is 0 Å². The Morgan fingerprint density at radius 3 is 2.51 bits per heavy atom. The summed E-state index contributed by atoms with van der Waals surface area (Å²) in [6, 6.07) is 6.88. The van der Waals surface area contributed by atoms with E-state index in [2.05, 4.69) is 37.5 Å². The number of amides is 2. The number of nitrogens with one attached hydrogen (secondary N) is 2. The normalized spacial score (nSPS) is 30.8. The van der Waals surface area contributed by atoms with Crippen LogP contribution in [0.2, 0.25) is 0 Å². The molecule has 1 saturated carbocycles. The quantitative estimate of drug-likeness (QED) is 0.266. The first kappa shape index (κ1) is 29.0. The number of hydrogen-bond acceptors (Lipinski definition) is 8. The maximum atomic E-state index is 12.7. The number of carboxylic acid groups (broad SMARTS) is 1. The second kappa shape index (κ2) is 12.0. The van der Waals surface area contributed by atoms with Gasteiger partial charge in [0.25, 0.3) is 0 Å². The number of carboxylic acids is 1. The van der Waals surface area contributed by atoms with Crippen LogP contribution in [0.1, 0.15) is 45.6 Å². The van der Waals surface area contributed by atoms with Crippen molar-refractivity contribution < 1.29 is 43.2 Å². The lowest BCUT2D eigenvalue weighted by Gasteiger charge is -2.42. The average molecular weight is 547 g/mol. The van der Waals surface area contributed by atoms with Crippen LogP contribution in [0.25, 0.3) is 0 Å². The number of aliphatic carboxylic acids is 1. The van der Waals surface area contributed by atoms with Crippen LogP contribution in [0.15, 0.2) is 35.9 Å². The Bertz CT molecular complexity index is 1080. The van der Waals surface area contributed by atoms with Crippen LogP contribution >= 0.6 is 0 Å². The van der Waals surface area contributed by atoms with Gasteiger partial charge in [-0.25, -0.2) is 9.59 Å². The predicted octanol–water partition coefficient (Wildman–Crippen LogP) is 3.03. The van der Waals surface area contributed by atoms with E-state index in [0.29, 0.717) is 18.7 Å². The fraction of sp³-hybridized carbons (Fsp3) is 0.607. The fourth-order valence-corrected chi connectivity index (χ4v) is 5.56. The largest absolute Gasteiger partial charge is 0.480 e. The number of allylic oxidation sites excluding steroid dienone is 1. The van der Waals surface area contributed by atoms with Crippen molar-refractivity contribution in [2.45, 2.75) is 76.1 Å². The molecule has 0 unspecified atom stereocenters. The van der Waals surface area contributed by atoms with Crippen molar-refractivity contribution in [3.05, 3.63) is 41.5 Å². The van der Waals surface area contributed by atoms with E-state index < -0.39 is 36.3 Å². The Morgan fingerprint density at radius 2 is 1.90 bits per heavy atom. The molecule has 11 nitrogen and oxygen atoms in total. The van der Waals surface area contributed by atoms with Crippen molar-refractivity contribution in [2.24, 2.45) is 5.92 Å². The molecule has 2 saturated heterocycles. The fourth-order valence-electron chi connectivity index (χ4n) is 5.56. The molecule has 1 spiro atoms. The van der Waals surface area contributed by atoms with Crippen molar-refractivity contribution in [1.82, 2.24) is 5.32 Å². The number of anilines is 1. The molecule has 4 rings (SSSR count). The Hall–Kier alpha value is -2.99. The van der Waals surface area contributed by atoms with Crippen molar-refractivity contribution >= 4 is 23.7 Å². The number of alkyl carbamates (subject to hydrolysis) is 1. The van der Waals surface area contributed by atoms with Crippen LogP contribution in [0, 0.1) is 5.92 Å². The minimum atomic E-state index is -1.14. The van der Waals surface area contributed by atoms with E-state index in [4.69, 9.17) is 28.8 Å². The smallest absolute Gasteiger partial charge is 0.407 e. The van der Waals surface area contributed by atoms with E-state index >= 15 is 0 Å². The Morgan fingerprint density at radius 1 is 1.18 bits per heavy atom. The minimum Gasteiger partial charge on any atom is -0.480 e. The highest BCUT2D eigenvalue weighted by atomic mass is 16.6. The summed E-state index contributed by atoms with van der Waals surface area (Å²) in [4.78, 5) is 35.0. The summed E-state index contributed by atoms with van der Waals surface area (Å²) >= 11 is 0. The number of epoxide rings is 2. The maximum Gasteiger partial charge on any atom is 0.407 e. The van der Waals surface area contributed by atoms with Gasteiger partial charge in [0.2, 0.25) is 5.91 Å². The molecule has 3 N–H and O–H groups in total. The molecule has 2 aliphatic heterocycles. The van der Waals surface area contributed by atoms with Crippen LogP contribution < -0.4 is 10.6 Å². The molecule has 39 heavy (non-hydrogen) atoms. The van der Waals surface area contributed by atoms with Crippen LogP contribution in [0.4, 0.5) is 10.5 Å². The second-order valence-corrected chi connectivity index (χ2v) is 10.8. The first-order valence-corrected chi connectivity index (χ1v) is 13.2. The SMILES string of the molecule is CO[C@@H]1[C@H](OC(=O)NCc2ccc(NC(=O)COCC(=O)O)cc2)CC[C@]2(CO2)[C@H]1[C@@]1(C)O[C@@H]1CC=C(C)C. The predicted molar refractivity (Wildman–Crippen MR) is 140 cm³/mol. The third-order valence-corrected chi connectivity index (χ3v) is 7.63. The van der Waals surface area contributed by atoms with Crippen LogP contribution in [0.5, 0.6) is 0 Å². The van der Waals surface area contributed by atoms with E-state index in [-0.39, 0.29) is 36.9 Å². The van der Waals surface area contributed by atoms with Gasteiger partial charge in [-0.05, 0) is 57.7 Å². The van der Waals surface area contributed by atoms with Gasteiger partial charge in [0.15, 0.2) is 0 Å². The zero-order valence-electron chi connectivity index (χ0n) is 22.9. The Balaban J connectivity index is 1.28. The van der Waals surface area contributed by atoms with Gasteiger partial charge in [0.1, 0.15) is 36.6 Å². The lowest BCUT2D eigenvalue weighted by Crippen LogP contribution is -2.56. The molecule has 0 bridgehead atoms. The van der Waals surface area contributed by atoms with E-state index in [0.717, 1.165) is 18.4 Å². The maximum absolute atomic E-state index is 12.7. The highest BCUT2D eigenvalue weighted by Crippen LogP contribution is 2.59. The Labute approximate surface area is 228 Å². The van der Waals surface area contributed by atoms with Gasteiger partial charge in [-0.15, -0.1) is 0 Å². The zero-order valence-corrected chi connectivity index (χ0v) is 22.9. The third-order valence-electron chi connectivity index (χ3n) is 7.63. The number of rotatable bonds is 12. The van der Waals surface area contributed by atoms with Gasteiger partial charge in [-0.3, -0.25) is 4.79 Å². The molecule has 3 fully saturated rings. The van der Waals surface area contributed by atoms with Crippen molar-refractivity contribution in [3.63, 3.8) is 0 Å². The lowest BCUT2D eigenvalue weighted by atomic mass is 9.68. The second-order valence-electron chi connectivity index (χ2n) is 10.8. The lowest BCUT2D eigenvalue weighted by molar-refractivity contribution is -0.143. The van der Waals surface area contributed by atoms with E-state index in [1.807, 2.05) is 0 Å². The molecule has 0 aromatic heterocycles. The van der Waals surface area contributed by atoms with Gasteiger partial charge in [0, 0.05) is 19.3 Å². The molecule has 2 amide bonds. The number of carbonyl (C=O) groups is 3. The molecule has 2 heterocycles. The zero-order chi connectivity index (χ0) is 28.2. The minimum absolute atomic E-state index is 0.0469. The van der Waals surface area contributed by atoms with Gasteiger partial charge >= 0.3 is 12.1 Å². The topological polar surface area (TPSA) is 148 Å². The summed E-state index contributed by atoms with van der Waals surface area (Å²) in [6.07, 6.45) is 3.18. The molecule has 11 heteroatoms. The summed E-state index contributed by atoms with van der Waals surface area (Å²) in [7, 11) is 1.64.